The first-order valence-corrected chi connectivity index (χ1v) is 11.0. The first-order valence-electron chi connectivity index (χ1n) is 10.2. The number of hydrogen-bond acceptors (Lipinski definition) is 7. The van der Waals surface area contributed by atoms with Crippen molar-refractivity contribution in [2.75, 3.05) is 45.3 Å². The Labute approximate surface area is 198 Å². The van der Waals surface area contributed by atoms with E-state index in [4.69, 9.17) is 14.5 Å². The number of aromatic nitrogens is 1. The Balaban J connectivity index is 0.00000363. The number of ether oxygens (including phenoxy) is 2. The highest BCUT2D eigenvalue weighted by Gasteiger charge is 2.22. The number of fused-ring (bicyclic) bond motifs is 1. The summed E-state index contributed by atoms with van der Waals surface area (Å²) in [6.07, 6.45) is 0. The highest BCUT2D eigenvalue weighted by molar-refractivity contribution is 7.22. The molecule has 1 amide bonds. The van der Waals surface area contributed by atoms with Crippen molar-refractivity contribution in [1.82, 2.24) is 9.88 Å². The van der Waals surface area contributed by atoms with Crippen LogP contribution in [0.15, 0.2) is 42.5 Å². The normalized spacial score (nSPS) is 10.7. The number of hydrogen-bond donors (Lipinski definition) is 0. The summed E-state index contributed by atoms with van der Waals surface area (Å²) in [7, 11) is 2.96. The van der Waals surface area contributed by atoms with Crippen molar-refractivity contribution in [3.05, 3.63) is 53.6 Å². The maximum Gasteiger partial charge on any atom is 0.337 e. The average Bonchev–Trinajstić information content (AvgIpc) is 3.24. The number of methoxy groups -OCH3 is 2. The molecular formula is C23H28ClN3O4S. The third kappa shape index (κ3) is 5.76. The SMILES string of the molecule is CCN(CC)CCN(C(=O)c1ccc(C(=O)OC)cc1)c1nc2ccc(OC)cc2s1.Cl. The maximum atomic E-state index is 13.4. The van der Waals surface area contributed by atoms with E-state index >= 15 is 0 Å². The Kier molecular flexibility index (Phi) is 9.43. The second-order valence-electron chi connectivity index (χ2n) is 6.88. The Bertz CT molecular complexity index is 1050. The standard InChI is InChI=1S/C23H27N3O4S.ClH/c1-5-25(6-2)13-14-26(21(27)16-7-9-17(10-8-16)22(28)30-4)23-24-19-12-11-18(29-3)15-20(19)31-23;/h7-12,15H,5-6,13-14H2,1-4H3;1H. The number of thiazole rings is 1. The molecule has 1 heterocycles. The van der Waals surface area contributed by atoms with E-state index in [-0.39, 0.29) is 18.3 Å². The molecule has 3 rings (SSSR count). The lowest BCUT2D eigenvalue weighted by atomic mass is 10.1. The number of halogens is 1. The van der Waals surface area contributed by atoms with Crippen LogP contribution in [0.2, 0.25) is 0 Å². The molecule has 0 unspecified atom stereocenters. The first kappa shape index (κ1) is 25.6. The molecule has 0 N–H and O–H groups in total. The first-order chi connectivity index (χ1) is 15.0. The number of carbonyl (C=O) groups excluding carboxylic acids is 2. The minimum atomic E-state index is -0.433. The van der Waals surface area contributed by atoms with Gasteiger partial charge in [0.25, 0.3) is 5.91 Å². The fourth-order valence-electron chi connectivity index (χ4n) is 3.22. The molecule has 0 bridgehead atoms. The molecule has 0 aliphatic carbocycles. The van der Waals surface area contributed by atoms with Crippen molar-refractivity contribution in [1.29, 1.82) is 0 Å². The number of rotatable bonds is 9. The van der Waals surface area contributed by atoms with Crippen molar-refractivity contribution < 1.29 is 19.1 Å². The molecule has 0 radical (unpaired) electrons. The van der Waals surface area contributed by atoms with E-state index in [0.717, 1.165) is 35.6 Å². The van der Waals surface area contributed by atoms with Gasteiger partial charge in [0, 0.05) is 18.7 Å². The van der Waals surface area contributed by atoms with Gasteiger partial charge in [-0.15, -0.1) is 12.4 Å². The van der Waals surface area contributed by atoms with Gasteiger partial charge in [-0.25, -0.2) is 9.78 Å². The van der Waals surface area contributed by atoms with Gasteiger partial charge >= 0.3 is 5.97 Å². The third-order valence-corrected chi connectivity index (χ3v) is 6.19. The molecule has 0 saturated heterocycles. The van der Waals surface area contributed by atoms with E-state index in [1.807, 2.05) is 18.2 Å². The Hall–Kier alpha value is -2.68. The molecule has 172 valence electrons. The van der Waals surface area contributed by atoms with Gasteiger partial charge < -0.3 is 14.4 Å². The van der Waals surface area contributed by atoms with Crippen LogP contribution in [0.25, 0.3) is 10.2 Å². The van der Waals surface area contributed by atoms with Crippen LogP contribution in [0.3, 0.4) is 0 Å². The lowest BCUT2D eigenvalue weighted by Crippen LogP contribution is -2.38. The molecule has 7 nitrogen and oxygen atoms in total. The average molecular weight is 478 g/mol. The molecule has 0 saturated carbocycles. The van der Waals surface area contributed by atoms with E-state index in [1.54, 1.807) is 36.3 Å². The summed E-state index contributed by atoms with van der Waals surface area (Å²) in [5, 5.41) is 0.637. The summed E-state index contributed by atoms with van der Waals surface area (Å²) < 4.78 is 11.0. The number of carbonyl (C=O) groups is 2. The zero-order valence-electron chi connectivity index (χ0n) is 18.7. The van der Waals surface area contributed by atoms with Crippen LogP contribution in [0.5, 0.6) is 5.75 Å². The van der Waals surface area contributed by atoms with Gasteiger partial charge in [-0.3, -0.25) is 9.69 Å². The zero-order chi connectivity index (χ0) is 22.4. The minimum Gasteiger partial charge on any atom is -0.497 e. The second-order valence-corrected chi connectivity index (χ2v) is 7.89. The van der Waals surface area contributed by atoms with E-state index in [2.05, 4.69) is 18.7 Å². The predicted molar refractivity (Wildman–Crippen MR) is 131 cm³/mol. The number of esters is 1. The molecule has 2 aromatic carbocycles. The number of nitrogens with zero attached hydrogens (tertiary/aromatic N) is 3. The topological polar surface area (TPSA) is 72.0 Å². The Morgan fingerprint density at radius 3 is 2.22 bits per heavy atom. The Morgan fingerprint density at radius 2 is 1.62 bits per heavy atom. The summed E-state index contributed by atoms with van der Waals surface area (Å²) in [6, 6.07) is 12.2. The number of anilines is 1. The summed E-state index contributed by atoms with van der Waals surface area (Å²) in [6.45, 7) is 7.26. The Morgan fingerprint density at radius 1 is 0.969 bits per heavy atom. The van der Waals surface area contributed by atoms with Crippen molar-refractivity contribution in [2.24, 2.45) is 0 Å². The van der Waals surface area contributed by atoms with Crippen LogP contribution in [-0.2, 0) is 4.74 Å². The van der Waals surface area contributed by atoms with Gasteiger partial charge in [0.05, 0.1) is 30.0 Å². The summed E-state index contributed by atoms with van der Waals surface area (Å²) in [5.74, 6) is 0.161. The molecular weight excluding hydrogens is 450 g/mol. The van der Waals surface area contributed by atoms with E-state index < -0.39 is 5.97 Å². The van der Waals surface area contributed by atoms with E-state index in [1.165, 1.54) is 18.4 Å². The van der Waals surface area contributed by atoms with Gasteiger partial charge in [-0.05, 0) is 55.6 Å². The van der Waals surface area contributed by atoms with Crippen LogP contribution in [0.1, 0.15) is 34.6 Å². The highest BCUT2D eigenvalue weighted by Crippen LogP contribution is 2.32. The summed E-state index contributed by atoms with van der Waals surface area (Å²) >= 11 is 1.46. The zero-order valence-corrected chi connectivity index (χ0v) is 20.3. The van der Waals surface area contributed by atoms with Gasteiger partial charge in [-0.1, -0.05) is 25.2 Å². The van der Waals surface area contributed by atoms with Crippen LogP contribution < -0.4 is 9.64 Å². The summed E-state index contributed by atoms with van der Waals surface area (Å²) in [4.78, 5) is 33.8. The molecule has 1 aromatic heterocycles. The maximum absolute atomic E-state index is 13.4. The molecule has 32 heavy (non-hydrogen) atoms. The second kappa shape index (κ2) is 11.8. The van der Waals surface area contributed by atoms with Crippen LogP contribution in [0, 0.1) is 0 Å². The predicted octanol–water partition coefficient (Wildman–Crippen LogP) is 4.50. The molecule has 0 fully saturated rings. The summed E-state index contributed by atoms with van der Waals surface area (Å²) in [5.41, 5.74) is 1.72. The van der Waals surface area contributed by atoms with E-state index in [9.17, 15) is 9.59 Å². The lowest BCUT2D eigenvalue weighted by molar-refractivity contribution is 0.0600. The fraction of sp³-hybridized carbons (Fsp3) is 0.348. The van der Waals surface area contributed by atoms with Crippen molar-refractivity contribution in [3.8, 4) is 5.75 Å². The lowest BCUT2D eigenvalue weighted by Gasteiger charge is -2.24. The number of likely N-dealkylation sites (N-methyl/N-ethyl adjacent to an activating group) is 1. The van der Waals surface area contributed by atoms with Gasteiger partial charge in [-0.2, -0.15) is 0 Å². The minimum absolute atomic E-state index is 0. The molecule has 3 aromatic rings. The van der Waals surface area contributed by atoms with Gasteiger partial charge in [0.15, 0.2) is 5.13 Å². The van der Waals surface area contributed by atoms with Crippen molar-refractivity contribution in [3.63, 3.8) is 0 Å². The van der Waals surface area contributed by atoms with Crippen LogP contribution in [0.4, 0.5) is 5.13 Å². The molecule has 0 aliphatic heterocycles. The largest absolute Gasteiger partial charge is 0.497 e. The van der Waals surface area contributed by atoms with E-state index in [0.29, 0.717) is 22.8 Å². The number of benzene rings is 2. The monoisotopic (exact) mass is 477 g/mol. The molecule has 0 aliphatic rings. The van der Waals surface area contributed by atoms with Crippen LogP contribution >= 0.6 is 23.7 Å². The van der Waals surface area contributed by atoms with Crippen LogP contribution in [-0.4, -0.2) is 62.2 Å². The molecule has 0 atom stereocenters. The number of amides is 1. The van der Waals surface area contributed by atoms with Gasteiger partial charge in [0.1, 0.15) is 5.75 Å². The van der Waals surface area contributed by atoms with Gasteiger partial charge in [0.2, 0.25) is 0 Å². The third-order valence-electron chi connectivity index (χ3n) is 5.15. The van der Waals surface area contributed by atoms with Crippen molar-refractivity contribution >= 4 is 51.0 Å². The quantitative estimate of drug-likeness (QED) is 0.422. The fourth-order valence-corrected chi connectivity index (χ4v) is 4.24. The molecule has 0 spiro atoms. The molecule has 9 heteroatoms. The van der Waals surface area contributed by atoms with Crippen molar-refractivity contribution in [2.45, 2.75) is 13.8 Å². The smallest absolute Gasteiger partial charge is 0.337 e. The highest BCUT2D eigenvalue weighted by atomic mass is 35.5.